The van der Waals surface area contributed by atoms with E-state index < -0.39 is 0 Å². The molecule has 0 bridgehead atoms. The van der Waals surface area contributed by atoms with Crippen molar-refractivity contribution in [2.24, 2.45) is 0 Å². The highest BCUT2D eigenvalue weighted by molar-refractivity contribution is 5.70. The lowest BCUT2D eigenvalue weighted by Crippen LogP contribution is -2.25. The van der Waals surface area contributed by atoms with Gasteiger partial charge in [-0.1, -0.05) is 17.7 Å². The van der Waals surface area contributed by atoms with Crippen molar-refractivity contribution in [3.8, 4) is 0 Å². The molecular formula is C14H20N2. The van der Waals surface area contributed by atoms with Crippen molar-refractivity contribution in [3.05, 3.63) is 36.4 Å². The van der Waals surface area contributed by atoms with Gasteiger partial charge in [-0.2, -0.15) is 0 Å². The first kappa shape index (κ1) is 11.1. The maximum atomic E-state index is 3.98. The highest BCUT2D eigenvalue weighted by atomic mass is 15.2. The van der Waals surface area contributed by atoms with Crippen molar-refractivity contribution in [2.75, 3.05) is 29.9 Å². The van der Waals surface area contributed by atoms with Crippen LogP contribution in [0.2, 0.25) is 0 Å². The van der Waals surface area contributed by atoms with Gasteiger partial charge >= 0.3 is 0 Å². The summed E-state index contributed by atoms with van der Waals surface area (Å²) in [4.78, 5) is 2.46. The number of benzene rings is 1. The maximum absolute atomic E-state index is 3.98. The number of nitrogens with zero attached hydrogens (tertiary/aromatic N) is 1. The van der Waals surface area contributed by atoms with E-state index in [1.807, 2.05) is 0 Å². The number of fused-ring (bicyclic) bond motifs is 1. The molecule has 0 saturated heterocycles. The zero-order valence-corrected chi connectivity index (χ0v) is 10.00. The van der Waals surface area contributed by atoms with E-state index in [-0.39, 0.29) is 0 Å². The van der Waals surface area contributed by atoms with E-state index >= 15 is 0 Å². The van der Waals surface area contributed by atoms with Crippen LogP contribution in [0.3, 0.4) is 0 Å². The number of rotatable bonds is 3. The normalized spacial score (nSPS) is 14.9. The van der Waals surface area contributed by atoms with Gasteiger partial charge in [-0.3, -0.25) is 0 Å². The first-order valence-electron chi connectivity index (χ1n) is 5.99. The van der Waals surface area contributed by atoms with E-state index in [0.717, 1.165) is 26.1 Å². The van der Waals surface area contributed by atoms with Crippen LogP contribution in [0.25, 0.3) is 0 Å². The number of nitrogens with one attached hydrogen (secondary N) is 1. The lowest BCUT2D eigenvalue weighted by molar-refractivity contribution is 0.752. The molecule has 1 aliphatic rings. The Hall–Kier alpha value is -1.44. The summed E-state index contributed by atoms with van der Waals surface area (Å²) in [5.74, 6) is 0. The summed E-state index contributed by atoms with van der Waals surface area (Å²) < 4.78 is 0. The molecule has 1 aromatic carbocycles. The minimum atomic E-state index is 1.07. The van der Waals surface area contributed by atoms with Crippen LogP contribution in [0.4, 0.5) is 11.4 Å². The van der Waals surface area contributed by atoms with E-state index in [2.05, 4.69) is 48.0 Å². The zero-order valence-electron chi connectivity index (χ0n) is 10.00. The van der Waals surface area contributed by atoms with Crippen molar-refractivity contribution in [3.63, 3.8) is 0 Å². The molecule has 2 rings (SSSR count). The standard InChI is InChI=1S/C14H20N2/c1-12(2)8-11-16-10-5-9-15-13-6-3-4-7-14(13)16/h3-4,6-7,15H,1,5,8-11H2,2H3. The van der Waals surface area contributed by atoms with Gasteiger partial charge in [0.15, 0.2) is 0 Å². The lowest BCUT2D eigenvalue weighted by atomic mass is 10.2. The molecule has 0 atom stereocenters. The number of para-hydroxylation sites is 2. The van der Waals surface area contributed by atoms with Gasteiger partial charge in [-0.05, 0) is 31.9 Å². The fourth-order valence-electron chi connectivity index (χ4n) is 2.07. The summed E-state index contributed by atoms with van der Waals surface area (Å²) in [5, 5.41) is 3.48. The molecule has 1 aliphatic heterocycles. The molecule has 86 valence electrons. The molecule has 0 aromatic heterocycles. The van der Waals surface area contributed by atoms with Crippen LogP contribution in [-0.2, 0) is 0 Å². The van der Waals surface area contributed by atoms with Gasteiger partial charge in [-0.25, -0.2) is 0 Å². The number of hydrogen-bond donors (Lipinski definition) is 1. The van der Waals surface area contributed by atoms with Crippen LogP contribution in [0.1, 0.15) is 19.8 Å². The molecule has 16 heavy (non-hydrogen) atoms. The molecule has 0 amide bonds. The molecule has 1 aromatic rings. The molecule has 0 unspecified atom stereocenters. The van der Waals surface area contributed by atoms with E-state index in [1.54, 1.807) is 0 Å². The van der Waals surface area contributed by atoms with Crippen LogP contribution in [0.15, 0.2) is 36.4 Å². The van der Waals surface area contributed by atoms with Crippen molar-refractivity contribution >= 4 is 11.4 Å². The van der Waals surface area contributed by atoms with E-state index in [9.17, 15) is 0 Å². The van der Waals surface area contributed by atoms with Crippen molar-refractivity contribution < 1.29 is 0 Å². The fourth-order valence-corrected chi connectivity index (χ4v) is 2.07. The maximum Gasteiger partial charge on any atom is 0.0602 e. The second kappa shape index (κ2) is 5.06. The van der Waals surface area contributed by atoms with Gasteiger partial charge in [0.25, 0.3) is 0 Å². The molecule has 1 heterocycles. The molecule has 0 spiro atoms. The lowest BCUT2D eigenvalue weighted by Gasteiger charge is -2.24. The van der Waals surface area contributed by atoms with E-state index in [4.69, 9.17) is 0 Å². The second-order valence-electron chi connectivity index (χ2n) is 4.49. The highest BCUT2D eigenvalue weighted by Gasteiger charge is 2.13. The number of anilines is 2. The molecule has 1 N–H and O–H groups in total. The summed E-state index contributed by atoms with van der Waals surface area (Å²) in [6, 6.07) is 8.56. The molecule has 0 fully saturated rings. The Morgan fingerprint density at radius 2 is 2.25 bits per heavy atom. The van der Waals surface area contributed by atoms with Crippen molar-refractivity contribution in [1.82, 2.24) is 0 Å². The minimum absolute atomic E-state index is 1.07. The topological polar surface area (TPSA) is 15.3 Å². The highest BCUT2D eigenvalue weighted by Crippen LogP contribution is 2.28. The first-order valence-corrected chi connectivity index (χ1v) is 5.99. The third kappa shape index (κ3) is 2.57. The SMILES string of the molecule is C=C(C)CCN1CCCNc2ccccc21. The van der Waals surface area contributed by atoms with E-state index in [0.29, 0.717) is 0 Å². The smallest absolute Gasteiger partial charge is 0.0602 e. The predicted octanol–water partition coefficient (Wildman–Crippen LogP) is 3.27. The minimum Gasteiger partial charge on any atom is -0.383 e. The molecule has 0 aliphatic carbocycles. The Morgan fingerprint density at radius 1 is 1.44 bits per heavy atom. The average molecular weight is 216 g/mol. The zero-order chi connectivity index (χ0) is 11.4. The third-order valence-electron chi connectivity index (χ3n) is 2.97. The monoisotopic (exact) mass is 216 g/mol. The predicted molar refractivity (Wildman–Crippen MR) is 71.2 cm³/mol. The van der Waals surface area contributed by atoms with Gasteiger partial charge < -0.3 is 10.2 Å². The summed E-state index contributed by atoms with van der Waals surface area (Å²) in [6.45, 7) is 9.36. The Balaban J connectivity index is 2.15. The number of hydrogen-bond acceptors (Lipinski definition) is 2. The van der Waals surface area contributed by atoms with Gasteiger partial charge in [0.1, 0.15) is 0 Å². The summed E-state index contributed by atoms with van der Waals surface area (Å²) in [5.41, 5.74) is 3.86. The largest absolute Gasteiger partial charge is 0.383 e. The quantitative estimate of drug-likeness (QED) is 0.780. The van der Waals surface area contributed by atoms with Gasteiger partial charge in [0.2, 0.25) is 0 Å². The van der Waals surface area contributed by atoms with Crippen molar-refractivity contribution in [1.29, 1.82) is 0 Å². The van der Waals surface area contributed by atoms with E-state index in [1.165, 1.54) is 23.4 Å². The fraction of sp³-hybridized carbons (Fsp3) is 0.429. The van der Waals surface area contributed by atoms with Crippen molar-refractivity contribution in [2.45, 2.75) is 19.8 Å². The summed E-state index contributed by atoms with van der Waals surface area (Å²) in [7, 11) is 0. The Morgan fingerprint density at radius 3 is 3.06 bits per heavy atom. The first-order chi connectivity index (χ1) is 7.77. The van der Waals surface area contributed by atoms with Crippen LogP contribution < -0.4 is 10.2 Å². The molecule has 2 nitrogen and oxygen atoms in total. The second-order valence-corrected chi connectivity index (χ2v) is 4.49. The molecule has 0 saturated carbocycles. The van der Waals surface area contributed by atoms with Crippen LogP contribution in [0.5, 0.6) is 0 Å². The van der Waals surface area contributed by atoms with Crippen LogP contribution in [-0.4, -0.2) is 19.6 Å². The molecule has 2 heteroatoms. The van der Waals surface area contributed by atoms with Gasteiger partial charge in [0.05, 0.1) is 11.4 Å². The average Bonchev–Trinajstić information content (AvgIpc) is 2.48. The van der Waals surface area contributed by atoms with Crippen LogP contribution >= 0.6 is 0 Å². The summed E-state index contributed by atoms with van der Waals surface area (Å²) in [6.07, 6.45) is 2.28. The Labute approximate surface area is 98.0 Å². The van der Waals surface area contributed by atoms with Gasteiger partial charge in [0, 0.05) is 19.6 Å². The van der Waals surface area contributed by atoms with Crippen LogP contribution in [0, 0.1) is 0 Å². The van der Waals surface area contributed by atoms with Gasteiger partial charge in [-0.15, -0.1) is 6.58 Å². The Bertz CT molecular complexity index is 371. The molecule has 0 radical (unpaired) electrons. The third-order valence-corrected chi connectivity index (χ3v) is 2.97. The molecular weight excluding hydrogens is 196 g/mol. The Kier molecular flexibility index (Phi) is 3.50. The summed E-state index contributed by atoms with van der Waals surface area (Å²) >= 11 is 0.